The SMILES string of the molecule is N#CCC1CCN(CCC23CC4CC(CC(C4)C2)C3)C1. The minimum atomic E-state index is 0.663. The number of hydrogen-bond donors (Lipinski definition) is 0. The van der Waals surface area contributed by atoms with Crippen LogP contribution in [0.5, 0.6) is 0 Å². The van der Waals surface area contributed by atoms with E-state index in [1.165, 1.54) is 32.5 Å². The highest BCUT2D eigenvalue weighted by Gasteiger charge is 2.50. The van der Waals surface area contributed by atoms with Crippen molar-refractivity contribution in [2.24, 2.45) is 29.1 Å². The molecule has 20 heavy (non-hydrogen) atoms. The van der Waals surface area contributed by atoms with Crippen molar-refractivity contribution in [2.75, 3.05) is 19.6 Å². The summed E-state index contributed by atoms with van der Waals surface area (Å²) >= 11 is 0. The molecule has 4 saturated carbocycles. The predicted octanol–water partition coefficient (Wildman–Crippen LogP) is 3.83. The second-order valence-corrected chi connectivity index (χ2v) is 8.49. The minimum absolute atomic E-state index is 0.663. The Hall–Kier alpha value is -0.550. The number of nitrogens with zero attached hydrogens (tertiary/aromatic N) is 2. The topological polar surface area (TPSA) is 27.0 Å². The maximum atomic E-state index is 8.83. The second-order valence-electron chi connectivity index (χ2n) is 8.49. The summed E-state index contributed by atoms with van der Waals surface area (Å²) in [4.78, 5) is 2.65. The predicted molar refractivity (Wildman–Crippen MR) is 80.0 cm³/mol. The molecule has 2 heteroatoms. The summed E-state index contributed by atoms with van der Waals surface area (Å²) in [6.45, 7) is 3.76. The van der Waals surface area contributed by atoms with Gasteiger partial charge >= 0.3 is 0 Å². The molecule has 4 aliphatic carbocycles. The molecule has 1 aliphatic heterocycles. The van der Waals surface area contributed by atoms with Crippen molar-refractivity contribution in [3.63, 3.8) is 0 Å². The maximum absolute atomic E-state index is 8.83. The van der Waals surface area contributed by atoms with Crippen LogP contribution >= 0.6 is 0 Å². The molecule has 5 aliphatic rings. The molecule has 4 bridgehead atoms. The van der Waals surface area contributed by atoms with E-state index in [9.17, 15) is 0 Å². The number of nitriles is 1. The van der Waals surface area contributed by atoms with Crippen LogP contribution in [0.15, 0.2) is 0 Å². The number of hydrogen-bond acceptors (Lipinski definition) is 2. The van der Waals surface area contributed by atoms with Gasteiger partial charge in [-0.05, 0) is 93.5 Å². The summed E-state index contributed by atoms with van der Waals surface area (Å²) in [5, 5.41) is 8.83. The first kappa shape index (κ1) is 13.1. The molecule has 0 spiro atoms. The van der Waals surface area contributed by atoms with Gasteiger partial charge in [0, 0.05) is 13.0 Å². The minimum Gasteiger partial charge on any atom is -0.303 e. The van der Waals surface area contributed by atoms with Crippen molar-refractivity contribution < 1.29 is 0 Å². The summed E-state index contributed by atoms with van der Waals surface area (Å²) in [6, 6.07) is 2.35. The van der Waals surface area contributed by atoms with Crippen LogP contribution in [0.3, 0.4) is 0 Å². The van der Waals surface area contributed by atoms with E-state index < -0.39 is 0 Å². The molecule has 0 aromatic carbocycles. The van der Waals surface area contributed by atoms with Crippen LogP contribution in [0.4, 0.5) is 0 Å². The molecule has 2 nitrogen and oxygen atoms in total. The van der Waals surface area contributed by atoms with E-state index in [4.69, 9.17) is 5.26 Å². The lowest BCUT2D eigenvalue weighted by Crippen LogP contribution is -2.47. The Kier molecular flexibility index (Phi) is 3.30. The van der Waals surface area contributed by atoms with Crippen molar-refractivity contribution in [3.05, 3.63) is 0 Å². The fourth-order valence-electron chi connectivity index (χ4n) is 6.40. The molecule has 0 aromatic rings. The Labute approximate surface area is 123 Å². The van der Waals surface area contributed by atoms with Crippen LogP contribution in [0.2, 0.25) is 0 Å². The highest BCUT2D eigenvalue weighted by atomic mass is 15.1. The van der Waals surface area contributed by atoms with Crippen molar-refractivity contribution in [3.8, 4) is 6.07 Å². The lowest BCUT2D eigenvalue weighted by atomic mass is 9.49. The van der Waals surface area contributed by atoms with Gasteiger partial charge < -0.3 is 4.90 Å². The first-order chi connectivity index (χ1) is 9.75. The Balaban J connectivity index is 1.33. The molecule has 0 N–H and O–H groups in total. The van der Waals surface area contributed by atoms with Gasteiger partial charge in [0.05, 0.1) is 6.07 Å². The molecule has 5 rings (SSSR count). The summed E-state index contributed by atoms with van der Waals surface area (Å²) in [6.07, 6.45) is 12.8. The molecule has 0 aromatic heterocycles. The number of likely N-dealkylation sites (tertiary alicyclic amines) is 1. The molecular weight excluding hydrogens is 244 g/mol. The van der Waals surface area contributed by atoms with Gasteiger partial charge in [-0.3, -0.25) is 0 Å². The van der Waals surface area contributed by atoms with Gasteiger partial charge in [0.1, 0.15) is 0 Å². The van der Waals surface area contributed by atoms with E-state index in [2.05, 4.69) is 11.0 Å². The molecule has 1 heterocycles. The Morgan fingerprint density at radius 3 is 2.30 bits per heavy atom. The summed E-state index contributed by atoms with van der Waals surface area (Å²) in [7, 11) is 0. The van der Waals surface area contributed by atoms with Gasteiger partial charge in [-0.15, -0.1) is 0 Å². The Morgan fingerprint density at radius 2 is 1.70 bits per heavy atom. The Bertz CT molecular complexity index is 373. The summed E-state index contributed by atoms with van der Waals surface area (Å²) < 4.78 is 0. The van der Waals surface area contributed by atoms with E-state index in [1.807, 2.05) is 0 Å². The van der Waals surface area contributed by atoms with Gasteiger partial charge in [0.2, 0.25) is 0 Å². The molecule has 1 saturated heterocycles. The van der Waals surface area contributed by atoms with Gasteiger partial charge in [-0.1, -0.05) is 0 Å². The van der Waals surface area contributed by atoms with E-state index in [0.29, 0.717) is 5.92 Å². The summed E-state index contributed by atoms with van der Waals surface area (Å²) in [5.74, 6) is 3.93. The quantitative estimate of drug-likeness (QED) is 0.777. The standard InChI is InChI=1S/C18H28N2/c19-4-1-14-2-5-20(13-14)6-3-18-10-15-7-16(11-18)9-17(8-15)12-18/h14-17H,1-3,5-13H2. The van der Waals surface area contributed by atoms with Gasteiger partial charge in [-0.25, -0.2) is 0 Å². The molecule has 5 fully saturated rings. The maximum Gasteiger partial charge on any atom is 0.0625 e. The highest BCUT2D eigenvalue weighted by Crippen LogP contribution is 2.61. The molecule has 0 amide bonds. The number of rotatable bonds is 4. The molecule has 110 valence electrons. The zero-order chi connectivity index (χ0) is 13.6. The first-order valence-corrected chi connectivity index (χ1v) is 8.84. The van der Waals surface area contributed by atoms with Gasteiger partial charge in [0.25, 0.3) is 0 Å². The molecule has 0 radical (unpaired) electrons. The average molecular weight is 272 g/mol. The monoisotopic (exact) mass is 272 g/mol. The first-order valence-electron chi connectivity index (χ1n) is 8.84. The van der Waals surface area contributed by atoms with E-state index in [0.717, 1.165) is 29.6 Å². The zero-order valence-electron chi connectivity index (χ0n) is 12.7. The third kappa shape index (κ3) is 2.39. The largest absolute Gasteiger partial charge is 0.303 e. The average Bonchev–Trinajstić information content (AvgIpc) is 2.83. The van der Waals surface area contributed by atoms with Gasteiger partial charge in [0.15, 0.2) is 0 Å². The van der Waals surface area contributed by atoms with Crippen molar-refractivity contribution in [2.45, 2.75) is 57.8 Å². The van der Waals surface area contributed by atoms with Crippen LogP contribution in [-0.4, -0.2) is 24.5 Å². The third-order valence-corrected chi connectivity index (χ3v) is 6.87. The fourth-order valence-corrected chi connectivity index (χ4v) is 6.40. The van der Waals surface area contributed by atoms with E-state index in [1.54, 1.807) is 38.5 Å². The smallest absolute Gasteiger partial charge is 0.0625 e. The normalized spacial score (nSPS) is 46.8. The van der Waals surface area contributed by atoms with Crippen LogP contribution in [0, 0.1) is 40.4 Å². The van der Waals surface area contributed by atoms with Crippen molar-refractivity contribution >= 4 is 0 Å². The zero-order valence-corrected chi connectivity index (χ0v) is 12.7. The fraction of sp³-hybridized carbons (Fsp3) is 0.944. The van der Waals surface area contributed by atoms with Crippen LogP contribution < -0.4 is 0 Å². The van der Waals surface area contributed by atoms with Crippen LogP contribution in [0.25, 0.3) is 0 Å². The van der Waals surface area contributed by atoms with Crippen molar-refractivity contribution in [1.29, 1.82) is 5.26 Å². The molecule has 1 atom stereocenters. The van der Waals surface area contributed by atoms with E-state index in [-0.39, 0.29) is 0 Å². The van der Waals surface area contributed by atoms with E-state index >= 15 is 0 Å². The lowest BCUT2D eigenvalue weighted by molar-refractivity contribution is -0.0604. The highest BCUT2D eigenvalue weighted by molar-refractivity contribution is 5.01. The Morgan fingerprint density at radius 1 is 1.05 bits per heavy atom. The summed E-state index contributed by atoms with van der Waals surface area (Å²) in [5.41, 5.74) is 0.738. The molecule has 1 unspecified atom stereocenters. The van der Waals surface area contributed by atoms with Crippen molar-refractivity contribution in [1.82, 2.24) is 4.90 Å². The van der Waals surface area contributed by atoms with Crippen LogP contribution in [0.1, 0.15) is 57.8 Å². The van der Waals surface area contributed by atoms with Gasteiger partial charge in [-0.2, -0.15) is 5.26 Å². The lowest BCUT2D eigenvalue weighted by Gasteiger charge is -2.57. The second kappa shape index (κ2) is 5.02. The third-order valence-electron chi connectivity index (χ3n) is 6.87. The van der Waals surface area contributed by atoms with Crippen LogP contribution in [-0.2, 0) is 0 Å². The molecular formula is C18H28N2.